The monoisotopic (exact) mass is 187 g/mol. The molecule has 2 rings (SSSR count). The van der Waals surface area contributed by atoms with E-state index < -0.39 is 0 Å². The Hall–Kier alpha value is -1.08. The summed E-state index contributed by atoms with van der Waals surface area (Å²) in [5.74, 6) is 0. The lowest BCUT2D eigenvalue weighted by Crippen LogP contribution is -2.26. The second-order valence-corrected chi connectivity index (χ2v) is 3.87. The third kappa shape index (κ3) is 2.05. The average Bonchev–Trinajstić information content (AvgIpc) is 2.30. The number of hydrogen-bond donors (Lipinski definition) is 1. The van der Waals surface area contributed by atoms with Crippen molar-refractivity contribution >= 4 is 6.08 Å². The Balaban J connectivity index is 2.11. The molecule has 1 N–H and O–H groups in total. The fourth-order valence-electron chi connectivity index (χ4n) is 2.00. The molecule has 0 saturated carbocycles. The first-order valence-electron chi connectivity index (χ1n) is 5.36. The Morgan fingerprint density at radius 1 is 1.21 bits per heavy atom. The maximum absolute atomic E-state index is 3.76. The summed E-state index contributed by atoms with van der Waals surface area (Å²) in [4.78, 5) is 0. The van der Waals surface area contributed by atoms with Crippen molar-refractivity contribution in [2.75, 3.05) is 6.54 Å². The van der Waals surface area contributed by atoms with Gasteiger partial charge in [-0.25, -0.2) is 0 Å². The highest BCUT2D eigenvalue weighted by Gasteiger charge is 2.13. The summed E-state index contributed by atoms with van der Waals surface area (Å²) in [6, 6.07) is 9.26. The summed E-state index contributed by atoms with van der Waals surface area (Å²) in [6.07, 6.45) is 5.83. The van der Waals surface area contributed by atoms with Gasteiger partial charge in [0.25, 0.3) is 0 Å². The van der Waals surface area contributed by atoms with Crippen molar-refractivity contribution in [1.82, 2.24) is 5.32 Å². The molecule has 1 saturated heterocycles. The lowest BCUT2D eigenvalue weighted by atomic mass is 9.97. The molecule has 1 atom stereocenters. The van der Waals surface area contributed by atoms with Gasteiger partial charge < -0.3 is 5.32 Å². The molecule has 0 spiro atoms. The van der Waals surface area contributed by atoms with Crippen molar-refractivity contribution in [2.24, 2.45) is 0 Å². The Bertz CT molecular complexity index is 294. The average molecular weight is 187 g/mol. The van der Waals surface area contributed by atoms with E-state index in [2.05, 4.69) is 36.2 Å². The minimum Gasteiger partial charge on any atom is -0.310 e. The van der Waals surface area contributed by atoms with Crippen LogP contribution >= 0.6 is 0 Å². The van der Waals surface area contributed by atoms with E-state index in [9.17, 15) is 0 Å². The molecule has 1 aliphatic rings. The maximum Gasteiger partial charge on any atom is 0.0320 e. The van der Waals surface area contributed by atoms with Crippen LogP contribution in [0, 0.1) is 0 Å². The van der Waals surface area contributed by atoms with E-state index in [1.807, 2.05) is 6.08 Å². The van der Waals surface area contributed by atoms with Gasteiger partial charge in [-0.05, 0) is 30.5 Å². The molecule has 1 aromatic rings. The normalized spacial score (nSPS) is 21.9. The highest BCUT2D eigenvalue weighted by atomic mass is 14.9. The molecule has 0 radical (unpaired) electrons. The molecule has 0 aliphatic carbocycles. The first-order valence-corrected chi connectivity index (χ1v) is 5.36. The zero-order chi connectivity index (χ0) is 9.80. The smallest absolute Gasteiger partial charge is 0.0320 e. The molecule has 0 bridgehead atoms. The number of hydrogen-bond acceptors (Lipinski definition) is 1. The van der Waals surface area contributed by atoms with Crippen LogP contribution in [0.3, 0.4) is 0 Å². The van der Waals surface area contributed by atoms with E-state index in [1.54, 1.807) is 0 Å². The topological polar surface area (TPSA) is 12.0 Å². The predicted octanol–water partition coefficient (Wildman–Crippen LogP) is 3.14. The zero-order valence-electron chi connectivity index (χ0n) is 8.50. The van der Waals surface area contributed by atoms with Gasteiger partial charge >= 0.3 is 0 Å². The second kappa shape index (κ2) is 4.43. The first-order chi connectivity index (χ1) is 6.90. The highest BCUT2D eigenvalue weighted by Crippen LogP contribution is 2.22. The molecule has 1 fully saturated rings. The second-order valence-electron chi connectivity index (χ2n) is 3.87. The SMILES string of the molecule is C=Cc1ccc([C@@H]2CCCCN2)cc1. The van der Waals surface area contributed by atoms with Crippen LogP contribution in [0.1, 0.15) is 36.4 Å². The minimum absolute atomic E-state index is 0.572. The molecule has 0 unspecified atom stereocenters. The van der Waals surface area contributed by atoms with Gasteiger partial charge in [0.1, 0.15) is 0 Å². The van der Waals surface area contributed by atoms with Crippen molar-refractivity contribution in [1.29, 1.82) is 0 Å². The zero-order valence-corrected chi connectivity index (χ0v) is 8.50. The van der Waals surface area contributed by atoms with Crippen LogP contribution in [0.15, 0.2) is 30.8 Å². The van der Waals surface area contributed by atoms with Gasteiger partial charge in [0, 0.05) is 6.04 Å². The standard InChI is InChI=1S/C13H17N/c1-2-11-6-8-12(9-7-11)13-5-3-4-10-14-13/h2,6-9,13-14H,1,3-5,10H2/t13-/m0/s1. The minimum atomic E-state index is 0.572. The van der Waals surface area contributed by atoms with Gasteiger partial charge in [-0.1, -0.05) is 43.3 Å². The fourth-order valence-corrected chi connectivity index (χ4v) is 2.00. The molecule has 74 valence electrons. The van der Waals surface area contributed by atoms with Crippen molar-refractivity contribution in [2.45, 2.75) is 25.3 Å². The molecule has 0 aromatic heterocycles. The molecule has 1 nitrogen and oxygen atoms in total. The Morgan fingerprint density at radius 3 is 2.57 bits per heavy atom. The van der Waals surface area contributed by atoms with Gasteiger partial charge in [0.05, 0.1) is 0 Å². The van der Waals surface area contributed by atoms with E-state index in [0.29, 0.717) is 6.04 Å². The molecule has 1 heterocycles. The van der Waals surface area contributed by atoms with Gasteiger partial charge in [-0.15, -0.1) is 0 Å². The van der Waals surface area contributed by atoms with Crippen molar-refractivity contribution in [3.05, 3.63) is 42.0 Å². The number of rotatable bonds is 2. The van der Waals surface area contributed by atoms with Crippen LogP contribution in [0.4, 0.5) is 0 Å². The van der Waals surface area contributed by atoms with Crippen LogP contribution in [0.2, 0.25) is 0 Å². The Morgan fingerprint density at radius 2 is 2.00 bits per heavy atom. The summed E-state index contributed by atoms with van der Waals surface area (Å²) in [5.41, 5.74) is 2.61. The molecule has 1 aromatic carbocycles. The maximum atomic E-state index is 3.76. The molecular formula is C13H17N. The van der Waals surface area contributed by atoms with Crippen LogP contribution in [-0.4, -0.2) is 6.54 Å². The predicted molar refractivity (Wildman–Crippen MR) is 61.1 cm³/mol. The van der Waals surface area contributed by atoms with Crippen LogP contribution < -0.4 is 5.32 Å². The molecule has 1 heteroatoms. The highest BCUT2D eigenvalue weighted by molar-refractivity contribution is 5.47. The van der Waals surface area contributed by atoms with Crippen molar-refractivity contribution in [3.8, 4) is 0 Å². The fraction of sp³-hybridized carbons (Fsp3) is 0.385. The Kier molecular flexibility index (Phi) is 3.00. The summed E-state index contributed by atoms with van der Waals surface area (Å²) in [5, 5.41) is 3.55. The summed E-state index contributed by atoms with van der Waals surface area (Å²) >= 11 is 0. The summed E-state index contributed by atoms with van der Waals surface area (Å²) < 4.78 is 0. The third-order valence-electron chi connectivity index (χ3n) is 2.88. The van der Waals surface area contributed by atoms with Crippen LogP contribution in [0.5, 0.6) is 0 Å². The number of piperidine rings is 1. The van der Waals surface area contributed by atoms with E-state index in [4.69, 9.17) is 0 Å². The summed E-state index contributed by atoms with van der Waals surface area (Å²) in [7, 11) is 0. The van der Waals surface area contributed by atoms with Crippen LogP contribution in [-0.2, 0) is 0 Å². The summed E-state index contributed by atoms with van der Waals surface area (Å²) in [6.45, 7) is 4.92. The molecular weight excluding hydrogens is 170 g/mol. The van der Waals surface area contributed by atoms with E-state index in [-0.39, 0.29) is 0 Å². The largest absolute Gasteiger partial charge is 0.310 e. The molecule has 1 aliphatic heterocycles. The van der Waals surface area contributed by atoms with E-state index >= 15 is 0 Å². The molecule has 0 amide bonds. The third-order valence-corrected chi connectivity index (χ3v) is 2.88. The van der Waals surface area contributed by atoms with Gasteiger partial charge in [0.2, 0.25) is 0 Å². The van der Waals surface area contributed by atoms with Crippen molar-refractivity contribution < 1.29 is 0 Å². The van der Waals surface area contributed by atoms with Gasteiger partial charge in [0.15, 0.2) is 0 Å². The van der Waals surface area contributed by atoms with E-state index in [1.165, 1.54) is 30.4 Å². The first kappa shape index (κ1) is 9.47. The Labute approximate surface area is 85.8 Å². The number of benzene rings is 1. The molecule has 14 heavy (non-hydrogen) atoms. The number of nitrogens with one attached hydrogen (secondary N) is 1. The van der Waals surface area contributed by atoms with Crippen LogP contribution in [0.25, 0.3) is 6.08 Å². The van der Waals surface area contributed by atoms with Gasteiger partial charge in [-0.3, -0.25) is 0 Å². The quantitative estimate of drug-likeness (QED) is 0.750. The van der Waals surface area contributed by atoms with Crippen molar-refractivity contribution in [3.63, 3.8) is 0 Å². The lowest BCUT2D eigenvalue weighted by Gasteiger charge is -2.23. The van der Waals surface area contributed by atoms with Gasteiger partial charge in [-0.2, -0.15) is 0 Å². The van der Waals surface area contributed by atoms with E-state index in [0.717, 1.165) is 6.54 Å². The lowest BCUT2D eigenvalue weighted by molar-refractivity contribution is 0.412.